The molecule has 0 atom stereocenters. The molecule has 8 aromatic rings. The molecule has 0 radical (unpaired) electrons. The van der Waals surface area contributed by atoms with Gasteiger partial charge in [0.1, 0.15) is 11.3 Å². The van der Waals surface area contributed by atoms with E-state index in [1.165, 1.54) is 22.3 Å². The van der Waals surface area contributed by atoms with Gasteiger partial charge in [-0.2, -0.15) is 0 Å². The van der Waals surface area contributed by atoms with Crippen molar-refractivity contribution in [1.29, 1.82) is 0 Å². The molecule has 0 saturated heterocycles. The zero-order valence-corrected chi connectivity index (χ0v) is 25.3. The maximum atomic E-state index is 6.28. The number of anilines is 3. The standard InChI is InChI=1S/C44H31NO/c1-3-13-32(14-4-1)33-23-27-37(28-24-33)45(42-21-11-10-19-40(42)34-15-5-2-6-16-34)38-29-25-35(26-30-38)39-18-8-9-20-41(39)44-31-36-17-7-12-22-43(36)46-44/h1-31H. The molecule has 1 aromatic heterocycles. The zero-order valence-electron chi connectivity index (χ0n) is 25.3. The third kappa shape index (κ3) is 5.27. The fraction of sp³-hybridized carbons (Fsp3) is 0. The highest BCUT2D eigenvalue weighted by Gasteiger charge is 2.18. The van der Waals surface area contributed by atoms with Crippen LogP contribution in [0.3, 0.4) is 0 Å². The summed E-state index contributed by atoms with van der Waals surface area (Å²) in [6.07, 6.45) is 0. The van der Waals surface area contributed by atoms with Gasteiger partial charge in [0.15, 0.2) is 0 Å². The highest BCUT2D eigenvalue weighted by atomic mass is 16.3. The molecule has 0 amide bonds. The average Bonchev–Trinajstić information content (AvgIpc) is 3.58. The van der Waals surface area contributed by atoms with Gasteiger partial charge in [-0.25, -0.2) is 0 Å². The molecule has 1 heterocycles. The topological polar surface area (TPSA) is 16.4 Å². The number of hydrogen-bond acceptors (Lipinski definition) is 2. The summed E-state index contributed by atoms with van der Waals surface area (Å²) < 4.78 is 6.28. The van der Waals surface area contributed by atoms with Gasteiger partial charge in [0.05, 0.1) is 5.69 Å². The number of fused-ring (bicyclic) bond motifs is 1. The minimum absolute atomic E-state index is 0.873. The Morgan fingerprint density at radius 1 is 0.348 bits per heavy atom. The van der Waals surface area contributed by atoms with Crippen LogP contribution in [0.15, 0.2) is 192 Å². The molecular weight excluding hydrogens is 558 g/mol. The van der Waals surface area contributed by atoms with Crippen molar-refractivity contribution in [1.82, 2.24) is 0 Å². The van der Waals surface area contributed by atoms with E-state index in [0.29, 0.717) is 0 Å². The van der Waals surface area contributed by atoms with Crippen LogP contribution in [-0.2, 0) is 0 Å². The number of hydrogen-bond donors (Lipinski definition) is 0. The predicted molar refractivity (Wildman–Crippen MR) is 193 cm³/mol. The van der Waals surface area contributed by atoms with Gasteiger partial charge in [-0.15, -0.1) is 0 Å². The molecule has 0 unspecified atom stereocenters. The molecule has 46 heavy (non-hydrogen) atoms. The SMILES string of the molecule is c1ccc(-c2ccc(N(c3ccc(-c4ccccc4-c4cc5ccccc5o4)cc3)c3ccccc3-c3ccccc3)cc2)cc1. The van der Waals surface area contributed by atoms with Crippen molar-refractivity contribution in [2.45, 2.75) is 0 Å². The normalized spacial score (nSPS) is 11.0. The van der Waals surface area contributed by atoms with Gasteiger partial charge < -0.3 is 9.32 Å². The molecule has 0 N–H and O–H groups in total. The highest BCUT2D eigenvalue weighted by molar-refractivity contribution is 5.91. The first-order chi connectivity index (χ1) is 22.8. The van der Waals surface area contributed by atoms with E-state index in [0.717, 1.165) is 50.5 Å². The van der Waals surface area contributed by atoms with E-state index in [1.807, 2.05) is 18.2 Å². The Kier molecular flexibility index (Phi) is 7.22. The van der Waals surface area contributed by atoms with Crippen molar-refractivity contribution >= 4 is 28.0 Å². The van der Waals surface area contributed by atoms with E-state index < -0.39 is 0 Å². The zero-order chi connectivity index (χ0) is 30.7. The van der Waals surface area contributed by atoms with Crippen LogP contribution >= 0.6 is 0 Å². The fourth-order valence-corrected chi connectivity index (χ4v) is 6.25. The van der Waals surface area contributed by atoms with Crippen LogP contribution in [0.1, 0.15) is 0 Å². The van der Waals surface area contributed by atoms with Crippen LogP contribution in [0.2, 0.25) is 0 Å². The molecule has 0 aliphatic rings. The predicted octanol–water partition coefficient (Wildman–Crippen LogP) is 12.6. The second kappa shape index (κ2) is 12.1. The molecule has 2 heteroatoms. The summed E-state index contributed by atoms with van der Waals surface area (Å²) in [6, 6.07) is 66.3. The first-order valence-electron chi connectivity index (χ1n) is 15.6. The first-order valence-corrected chi connectivity index (χ1v) is 15.6. The molecular formula is C44H31NO. The molecule has 0 fully saturated rings. The van der Waals surface area contributed by atoms with Crippen LogP contribution in [0.5, 0.6) is 0 Å². The average molecular weight is 590 g/mol. The number of para-hydroxylation sites is 2. The molecule has 0 spiro atoms. The van der Waals surface area contributed by atoms with Crippen LogP contribution in [0.25, 0.3) is 55.7 Å². The van der Waals surface area contributed by atoms with Gasteiger partial charge in [0, 0.05) is 27.9 Å². The maximum absolute atomic E-state index is 6.28. The van der Waals surface area contributed by atoms with Gasteiger partial charge in [-0.05, 0) is 70.3 Å². The van der Waals surface area contributed by atoms with Crippen molar-refractivity contribution in [3.63, 3.8) is 0 Å². The molecule has 218 valence electrons. The largest absolute Gasteiger partial charge is 0.456 e. The van der Waals surface area contributed by atoms with Gasteiger partial charge in [0.2, 0.25) is 0 Å². The Morgan fingerprint density at radius 3 is 1.50 bits per heavy atom. The van der Waals surface area contributed by atoms with Crippen molar-refractivity contribution < 1.29 is 4.42 Å². The molecule has 2 nitrogen and oxygen atoms in total. The van der Waals surface area contributed by atoms with Crippen LogP contribution in [0, 0.1) is 0 Å². The smallest absolute Gasteiger partial charge is 0.136 e. The van der Waals surface area contributed by atoms with Crippen molar-refractivity contribution in [3.8, 4) is 44.7 Å². The Morgan fingerprint density at radius 2 is 0.826 bits per heavy atom. The van der Waals surface area contributed by atoms with Crippen LogP contribution in [-0.4, -0.2) is 0 Å². The van der Waals surface area contributed by atoms with Crippen molar-refractivity contribution in [3.05, 3.63) is 188 Å². The lowest BCUT2D eigenvalue weighted by atomic mass is 9.97. The minimum Gasteiger partial charge on any atom is -0.456 e. The maximum Gasteiger partial charge on any atom is 0.136 e. The van der Waals surface area contributed by atoms with Crippen molar-refractivity contribution in [2.24, 2.45) is 0 Å². The van der Waals surface area contributed by atoms with E-state index in [9.17, 15) is 0 Å². The fourth-order valence-electron chi connectivity index (χ4n) is 6.25. The Bertz CT molecular complexity index is 2200. The summed E-state index contributed by atoms with van der Waals surface area (Å²) in [7, 11) is 0. The monoisotopic (exact) mass is 589 g/mol. The summed E-state index contributed by atoms with van der Waals surface area (Å²) >= 11 is 0. The van der Waals surface area contributed by atoms with E-state index in [2.05, 4.69) is 175 Å². The second-order valence-electron chi connectivity index (χ2n) is 11.4. The summed E-state index contributed by atoms with van der Waals surface area (Å²) in [4.78, 5) is 2.35. The van der Waals surface area contributed by atoms with E-state index in [1.54, 1.807) is 0 Å². The molecule has 0 aliphatic heterocycles. The number of rotatable bonds is 7. The third-order valence-corrected chi connectivity index (χ3v) is 8.52. The van der Waals surface area contributed by atoms with Crippen LogP contribution in [0.4, 0.5) is 17.1 Å². The first kappa shape index (κ1) is 27.4. The van der Waals surface area contributed by atoms with Gasteiger partial charge in [-0.1, -0.05) is 146 Å². The molecule has 0 saturated carbocycles. The van der Waals surface area contributed by atoms with E-state index >= 15 is 0 Å². The summed E-state index contributed by atoms with van der Waals surface area (Å²) in [5.74, 6) is 0.873. The van der Waals surface area contributed by atoms with Gasteiger partial charge in [0.25, 0.3) is 0 Å². The molecule has 0 bridgehead atoms. The second-order valence-corrected chi connectivity index (χ2v) is 11.4. The van der Waals surface area contributed by atoms with Gasteiger partial charge in [-0.3, -0.25) is 0 Å². The summed E-state index contributed by atoms with van der Waals surface area (Å²) in [6.45, 7) is 0. The number of nitrogens with zero attached hydrogens (tertiary/aromatic N) is 1. The lowest BCUT2D eigenvalue weighted by Crippen LogP contribution is -2.11. The minimum atomic E-state index is 0.873. The Balaban J connectivity index is 1.22. The number of benzene rings is 7. The lowest BCUT2D eigenvalue weighted by molar-refractivity contribution is 0.632. The Hall–Kier alpha value is -6.12. The lowest BCUT2D eigenvalue weighted by Gasteiger charge is -2.28. The van der Waals surface area contributed by atoms with Gasteiger partial charge >= 0.3 is 0 Å². The summed E-state index contributed by atoms with van der Waals surface area (Å²) in [5.41, 5.74) is 12.3. The molecule has 0 aliphatic carbocycles. The third-order valence-electron chi connectivity index (χ3n) is 8.52. The van der Waals surface area contributed by atoms with Crippen LogP contribution < -0.4 is 4.90 Å². The van der Waals surface area contributed by atoms with Crippen molar-refractivity contribution in [2.75, 3.05) is 4.90 Å². The van der Waals surface area contributed by atoms with E-state index in [4.69, 9.17) is 4.42 Å². The number of furan rings is 1. The highest BCUT2D eigenvalue weighted by Crippen LogP contribution is 2.42. The Labute approximate surface area is 269 Å². The molecule has 7 aromatic carbocycles. The molecule has 8 rings (SSSR count). The van der Waals surface area contributed by atoms with E-state index in [-0.39, 0.29) is 0 Å². The quantitative estimate of drug-likeness (QED) is 0.184. The summed E-state index contributed by atoms with van der Waals surface area (Å²) in [5, 5.41) is 1.11.